The molecule has 1 unspecified atom stereocenters. The van der Waals surface area contributed by atoms with Crippen LogP contribution in [0.5, 0.6) is 0 Å². The number of fused-ring (bicyclic) bond motifs is 1. The Labute approximate surface area is 376 Å². The number of thioether (sulfide) groups is 1. The maximum absolute atomic E-state index is 14.3. The van der Waals surface area contributed by atoms with Gasteiger partial charge in [0.15, 0.2) is 0 Å². The number of hydrogen-bond acceptors (Lipinski definition) is 9. The summed E-state index contributed by atoms with van der Waals surface area (Å²) < 4.78 is 10.2. The van der Waals surface area contributed by atoms with Gasteiger partial charge in [-0.2, -0.15) is 11.8 Å². The molecule has 15 heteroatoms. The lowest BCUT2D eigenvalue weighted by Crippen LogP contribution is -2.53. The van der Waals surface area contributed by atoms with Crippen molar-refractivity contribution in [1.29, 1.82) is 0 Å². The van der Waals surface area contributed by atoms with Gasteiger partial charge in [0.2, 0.25) is 11.8 Å². The normalized spacial score (nSPS) is 15.7. The topological polar surface area (TPSA) is 175 Å². The second-order valence-electron chi connectivity index (χ2n) is 16.3. The molecule has 0 bridgehead atoms. The van der Waals surface area contributed by atoms with Crippen LogP contribution in [0.2, 0.25) is 0 Å². The number of H-pyrrole nitrogens is 2. The number of alkyl carbamates (subject to hydrolysis) is 2. The van der Waals surface area contributed by atoms with Gasteiger partial charge >= 0.3 is 12.2 Å². The van der Waals surface area contributed by atoms with Gasteiger partial charge in [0.05, 0.1) is 43.5 Å². The van der Waals surface area contributed by atoms with E-state index in [1.807, 2.05) is 60.1 Å². The van der Waals surface area contributed by atoms with E-state index in [1.165, 1.54) is 7.11 Å². The molecule has 2 fully saturated rings. The molecule has 2 saturated heterocycles. The van der Waals surface area contributed by atoms with Crippen LogP contribution >= 0.6 is 11.8 Å². The van der Waals surface area contributed by atoms with Gasteiger partial charge in [-0.05, 0) is 94.7 Å². The number of carbonyl (C=O) groups is 4. The number of carbonyl (C=O) groups excluding carboxylic acids is 4. The second kappa shape index (κ2) is 20.7. The summed E-state index contributed by atoms with van der Waals surface area (Å²) in [5.41, 5.74) is 6.75. The van der Waals surface area contributed by atoms with Crippen LogP contribution in [0.4, 0.5) is 9.59 Å². The Balaban J connectivity index is 0.909. The number of benzene rings is 4. The number of likely N-dealkylation sites (tertiary alicyclic amines) is 1. The van der Waals surface area contributed by atoms with E-state index < -0.39 is 18.2 Å². The van der Waals surface area contributed by atoms with Crippen LogP contribution in [-0.4, -0.2) is 98.0 Å². The predicted octanol–water partition coefficient (Wildman–Crippen LogP) is 8.48. The first-order valence-corrected chi connectivity index (χ1v) is 23.1. The van der Waals surface area contributed by atoms with Crippen molar-refractivity contribution in [2.45, 2.75) is 64.3 Å². The van der Waals surface area contributed by atoms with Gasteiger partial charge in [-0.15, -0.1) is 0 Å². The highest BCUT2D eigenvalue weighted by atomic mass is 32.2. The average Bonchev–Trinajstić information content (AvgIpc) is 4.14. The van der Waals surface area contributed by atoms with E-state index in [0.29, 0.717) is 25.5 Å². The molecule has 4 heterocycles. The standard InChI is InChI=1S/C49H54N8O6S/c1-3-21-56(44(58)29-52-48(60)62-2)30-43-50-27-41(53-43)39-18-17-37-25-36(15-16-38(37)26-39)33-11-13-34(14-12-33)40-28-51-46(54-40)42-10-7-22-57(42)47(59)45(35-19-23-64-24-20-35)55-49(61)63-31-32-8-5-4-6-9-32/h4-6,8-9,11-18,25-28,35,42,45H,3,7,10,19-24,29-31H2,1-2H3,(H,50,53)(H,51,54)(H,52,60)(H,55,61)/t42-,45?/m0/s1. The van der Waals surface area contributed by atoms with Crippen LogP contribution in [-0.2, 0) is 32.2 Å². The van der Waals surface area contributed by atoms with Crippen molar-refractivity contribution in [1.82, 2.24) is 40.4 Å². The van der Waals surface area contributed by atoms with Crippen molar-refractivity contribution < 1.29 is 28.7 Å². The molecule has 4 aromatic carbocycles. The van der Waals surface area contributed by atoms with Gasteiger partial charge in [-0.3, -0.25) is 9.59 Å². The quantitative estimate of drug-likeness (QED) is 0.0789. The maximum atomic E-state index is 14.3. The van der Waals surface area contributed by atoms with Crippen molar-refractivity contribution in [2.24, 2.45) is 5.92 Å². The molecule has 8 rings (SSSR count). The zero-order chi connectivity index (χ0) is 44.4. The number of hydrogen-bond donors (Lipinski definition) is 4. The molecule has 0 aliphatic carbocycles. The number of ether oxygens (including phenoxy) is 2. The zero-order valence-electron chi connectivity index (χ0n) is 36.2. The minimum atomic E-state index is -0.661. The molecule has 2 aliphatic rings. The number of aromatic nitrogens is 4. The summed E-state index contributed by atoms with van der Waals surface area (Å²) in [6, 6.07) is 29.7. The first-order chi connectivity index (χ1) is 31.3. The summed E-state index contributed by atoms with van der Waals surface area (Å²) in [5, 5.41) is 7.61. The first-order valence-electron chi connectivity index (χ1n) is 21.9. The van der Waals surface area contributed by atoms with Crippen LogP contribution in [0.15, 0.2) is 103 Å². The molecule has 0 radical (unpaired) electrons. The lowest BCUT2D eigenvalue weighted by atomic mass is 9.92. The molecule has 2 atom stereocenters. The van der Waals surface area contributed by atoms with Crippen molar-refractivity contribution >= 4 is 46.5 Å². The number of imidazole rings is 2. The largest absolute Gasteiger partial charge is 0.453 e. The van der Waals surface area contributed by atoms with Gasteiger partial charge in [-0.25, -0.2) is 19.6 Å². The number of rotatable bonds is 15. The number of aromatic amines is 2. The summed E-state index contributed by atoms with van der Waals surface area (Å²) >= 11 is 1.89. The Morgan fingerprint density at radius 2 is 1.52 bits per heavy atom. The third-order valence-electron chi connectivity index (χ3n) is 12.0. The fourth-order valence-electron chi connectivity index (χ4n) is 8.57. The smallest absolute Gasteiger partial charge is 0.408 e. The van der Waals surface area contributed by atoms with Crippen molar-refractivity contribution in [3.05, 3.63) is 121 Å². The molecular formula is C49H54N8O6S. The lowest BCUT2D eigenvalue weighted by molar-refractivity contribution is -0.136. The number of amides is 4. The Kier molecular flexibility index (Phi) is 14.2. The Bertz CT molecular complexity index is 2560. The third kappa shape index (κ3) is 10.6. The predicted molar refractivity (Wildman–Crippen MR) is 248 cm³/mol. The Morgan fingerprint density at radius 3 is 2.27 bits per heavy atom. The zero-order valence-corrected chi connectivity index (χ0v) is 37.0. The lowest BCUT2D eigenvalue weighted by Gasteiger charge is -2.34. The summed E-state index contributed by atoms with van der Waals surface area (Å²) in [6.45, 7) is 3.41. The molecule has 64 heavy (non-hydrogen) atoms. The minimum Gasteiger partial charge on any atom is -0.453 e. The van der Waals surface area contributed by atoms with E-state index in [1.54, 1.807) is 11.1 Å². The third-order valence-corrected chi connectivity index (χ3v) is 13.1. The summed E-state index contributed by atoms with van der Waals surface area (Å²) in [7, 11) is 1.26. The highest BCUT2D eigenvalue weighted by Gasteiger charge is 2.40. The van der Waals surface area contributed by atoms with Crippen LogP contribution in [0.25, 0.3) is 44.4 Å². The van der Waals surface area contributed by atoms with Gasteiger partial charge in [0.25, 0.3) is 0 Å². The van der Waals surface area contributed by atoms with Crippen LogP contribution in [0.3, 0.4) is 0 Å². The van der Waals surface area contributed by atoms with E-state index in [0.717, 1.165) is 99.4 Å². The fourth-order valence-corrected chi connectivity index (χ4v) is 9.71. The van der Waals surface area contributed by atoms with Gasteiger partial charge in [-0.1, -0.05) is 85.8 Å². The molecular weight excluding hydrogens is 829 g/mol. The fraction of sp³-hybridized carbons (Fsp3) is 0.347. The Hall–Kier alpha value is -6.61. The molecule has 0 saturated carbocycles. The summed E-state index contributed by atoms with van der Waals surface area (Å²) in [4.78, 5) is 71.4. The number of nitrogens with one attached hydrogen (secondary N) is 4. The highest BCUT2D eigenvalue weighted by Crippen LogP contribution is 2.35. The maximum Gasteiger partial charge on any atom is 0.408 e. The minimum absolute atomic E-state index is 0.0414. The molecule has 332 valence electrons. The summed E-state index contributed by atoms with van der Waals surface area (Å²) in [5.74, 6) is 3.07. The van der Waals surface area contributed by atoms with Crippen LogP contribution in [0, 0.1) is 5.92 Å². The molecule has 4 amide bonds. The van der Waals surface area contributed by atoms with Crippen molar-refractivity contribution in [2.75, 3.05) is 38.2 Å². The van der Waals surface area contributed by atoms with Gasteiger partial charge in [0.1, 0.15) is 30.8 Å². The van der Waals surface area contributed by atoms with Gasteiger partial charge in [0, 0.05) is 18.7 Å². The van der Waals surface area contributed by atoms with E-state index in [9.17, 15) is 19.2 Å². The average molecular weight is 883 g/mol. The van der Waals surface area contributed by atoms with E-state index >= 15 is 0 Å². The molecule has 14 nitrogen and oxygen atoms in total. The monoisotopic (exact) mass is 882 g/mol. The number of nitrogens with zero attached hydrogens (tertiary/aromatic N) is 4. The second-order valence-corrected chi connectivity index (χ2v) is 17.5. The van der Waals surface area contributed by atoms with E-state index in [2.05, 4.69) is 91.0 Å². The van der Waals surface area contributed by atoms with Crippen molar-refractivity contribution in [3.8, 4) is 33.6 Å². The molecule has 2 aliphatic heterocycles. The van der Waals surface area contributed by atoms with Crippen LogP contribution < -0.4 is 10.6 Å². The SMILES string of the molecule is CCCN(Cc1ncc(-c2ccc3cc(-c4ccc(-c5cnc([C@@H]6CCCN6C(=O)C(NC(=O)OCc6ccccc6)C6CCSCC6)[nH]5)cc4)ccc3c2)[nH]1)C(=O)CNC(=O)OC. The van der Waals surface area contributed by atoms with E-state index in [4.69, 9.17) is 9.72 Å². The molecule has 6 aromatic rings. The number of methoxy groups -OCH3 is 1. The molecule has 0 spiro atoms. The van der Waals surface area contributed by atoms with Gasteiger partial charge < -0.3 is 39.9 Å². The van der Waals surface area contributed by atoms with E-state index in [-0.39, 0.29) is 36.9 Å². The first kappa shape index (κ1) is 44.0. The summed E-state index contributed by atoms with van der Waals surface area (Å²) in [6.07, 6.45) is 6.51. The van der Waals surface area contributed by atoms with Crippen LogP contribution in [0.1, 0.15) is 62.3 Å². The Morgan fingerprint density at radius 1 is 0.828 bits per heavy atom. The molecule has 4 N–H and O–H groups in total. The highest BCUT2D eigenvalue weighted by molar-refractivity contribution is 7.99. The molecule has 2 aromatic heterocycles. The van der Waals surface area contributed by atoms with Crippen molar-refractivity contribution in [3.63, 3.8) is 0 Å².